The first-order valence-electron chi connectivity index (χ1n) is 5.26. The van der Waals surface area contributed by atoms with Crippen LogP contribution in [0.3, 0.4) is 0 Å². The van der Waals surface area contributed by atoms with E-state index < -0.39 is 5.97 Å². The van der Waals surface area contributed by atoms with E-state index in [2.05, 4.69) is 6.92 Å². The lowest BCUT2D eigenvalue weighted by molar-refractivity contribution is 0.0447. The van der Waals surface area contributed by atoms with Crippen LogP contribution < -0.4 is 5.73 Å². The summed E-state index contributed by atoms with van der Waals surface area (Å²) in [5.74, 6) is -0.0400. The number of hydrogen-bond donors (Lipinski definition) is 1. The number of rotatable bonds is 4. The maximum absolute atomic E-state index is 11.6. The third kappa shape index (κ3) is 3.42. The molecule has 0 aliphatic heterocycles. The lowest BCUT2D eigenvalue weighted by atomic mass is 10.1. The fourth-order valence-corrected chi connectivity index (χ4v) is 1.38. The third-order valence-electron chi connectivity index (χ3n) is 2.41. The number of benzene rings is 1. The average Bonchev–Trinajstić information content (AvgIpc) is 2.25. The van der Waals surface area contributed by atoms with Gasteiger partial charge in [-0.1, -0.05) is 31.9 Å². The van der Waals surface area contributed by atoms with Crippen molar-refractivity contribution in [2.45, 2.75) is 20.3 Å². The molecule has 1 rings (SSSR count). The molecular weight excluding hydrogens is 226 g/mol. The van der Waals surface area contributed by atoms with E-state index in [0.29, 0.717) is 28.8 Å². The van der Waals surface area contributed by atoms with Crippen LogP contribution in [0.1, 0.15) is 30.6 Å². The number of hydrogen-bond acceptors (Lipinski definition) is 3. The molecule has 16 heavy (non-hydrogen) atoms. The van der Waals surface area contributed by atoms with Gasteiger partial charge in [0.1, 0.15) is 0 Å². The molecule has 1 aromatic rings. The molecule has 0 fully saturated rings. The molecule has 0 saturated carbocycles. The number of nitrogen functional groups attached to an aromatic ring is 1. The summed E-state index contributed by atoms with van der Waals surface area (Å²) in [5.41, 5.74) is 6.43. The van der Waals surface area contributed by atoms with Crippen LogP contribution in [-0.4, -0.2) is 12.6 Å². The topological polar surface area (TPSA) is 52.3 Å². The van der Waals surface area contributed by atoms with Crippen LogP contribution in [0.15, 0.2) is 18.2 Å². The Kier molecular flexibility index (Phi) is 4.62. The number of carbonyl (C=O) groups excluding carboxylic acids is 1. The molecule has 0 spiro atoms. The number of anilines is 1. The van der Waals surface area contributed by atoms with Gasteiger partial charge in [-0.15, -0.1) is 0 Å². The largest absolute Gasteiger partial charge is 0.462 e. The van der Waals surface area contributed by atoms with E-state index in [1.54, 1.807) is 18.2 Å². The summed E-state index contributed by atoms with van der Waals surface area (Å²) in [6.45, 7) is 4.49. The molecule has 0 saturated heterocycles. The molecule has 1 unspecified atom stereocenters. The normalized spacial score (nSPS) is 12.2. The fraction of sp³-hybridized carbons (Fsp3) is 0.417. The van der Waals surface area contributed by atoms with Crippen molar-refractivity contribution in [1.82, 2.24) is 0 Å². The van der Waals surface area contributed by atoms with Crippen molar-refractivity contribution < 1.29 is 9.53 Å². The first-order chi connectivity index (χ1) is 7.54. The van der Waals surface area contributed by atoms with Crippen LogP contribution >= 0.6 is 11.6 Å². The molecule has 4 heteroatoms. The average molecular weight is 242 g/mol. The molecule has 0 aromatic heterocycles. The highest BCUT2D eigenvalue weighted by Crippen LogP contribution is 2.20. The van der Waals surface area contributed by atoms with Crippen molar-refractivity contribution in [2.75, 3.05) is 12.3 Å². The van der Waals surface area contributed by atoms with Gasteiger partial charge in [0.05, 0.1) is 17.2 Å². The van der Waals surface area contributed by atoms with Crippen LogP contribution in [0.4, 0.5) is 5.69 Å². The minimum Gasteiger partial charge on any atom is -0.462 e. The molecule has 0 amide bonds. The molecule has 0 radical (unpaired) electrons. The second-order valence-corrected chi connectivity index (χ2v) is 4.26. The summed E-state index contributed by atoms with van der Waals surface area (Å²) < 4.78 is 5.14. The Morgan fingerprint density at radius 3 is 2.81 bits per heavy atom. The summed E-state index contributed by atoms with van der Waals surface area (Å²) in [6.07, 6.45) is 0.975. The highest BCUT2D eigenvalue weighted by Gasteiger charge is 2.12. The molecule has 0 aliphatic rings. The standard InChI is InChI=1S/C12H16ClNO2/c1-3-8(2)7-16-12(15)10-5-4-9(14)6-11(10)13/h4-6,8H,3,7,14H2,1-2H3. The second kappa shape index (κ2) is 5.75. The van der Waals surface area contributed by atoms with E-state index in [1.807, 2.05) is 6.92 Å². The summed E-state index contributed by atoms with van der Waals surface area (Å²) in [6, 6.07) is 4.75. The quantitative estimate of drug-likeness (QED) is 0.651. The molecule has 3 nitrogen and oxygen atoms in total. The second-order valence-electron chi connectivity index (χ2n) is 3.85. The minimum atomic E-state index is -0.398. The SMILES string of the molecule is CCC(C)COC(=O)c1ccc(N)cc1Cl. The third-order valence-corrected chi connectivity index (χ3v) is 2.72. The van der Waals surface area contributed by atoms with E-state index in [1.165, 1.54) is 0 Å². The van der Waals surface area contributed by atoms with Crippen molar-refractivity contribution >= 4 is 23.3 Å². The zero-order valence-electron chi connectivity index (χ0n) is 9.50. The molecule has 0 bridgehead atoms. The zero-order chi connectivity index (χ0) is 12.1. The van der Waals surface area contributed by atoms with Gasteiger partial charge in [0.25, 0.3) is 0 Å². The summed E-state index contributed by atoms with van der Waals surface area (Å²) in [4.78, 5) is 11.6. The Morgan fingerprint density at radius 1 is 1.56 bits per heavy atom. The highest BCUT2D eigenvalue weighted by molar-refractivity contribution is 6.33. The molecule has 2 N–H and O–H groups in total. The maximum Gasteiger partial charge on any atom is 0.339 e. The zero-order valence-corrected chi connectivity index (χ0v) is 10.3. The van der Waals surface area contributed by atoms with Crippen LogP contribution in [0, 0.1) is 5.92 Å². The Morgan fingerprint density at radius 2 is 2.25 bits per heavy atom. The number of nitrogens with two attached hydrogens (primary N) is 1. The van der Waals surface area contributed by atoms with E-state index in [4.69, 9.17) is 22.1 Å². The Labute approximate surface area is 101 Å². The first kappa shape index (κ1) is 12.8. The Hall–Kier alpha value is -1.22. The van der Waals surface area contributed by atoms with E-state index in [-0.39, 0.29) is 0 Å². The van der Waals surface area contributed by atoms with E-state index in [9.17, 15) is 4.79 Å². The first-order valence-corrected chi connectivity index (χ1v) is 5.64. The molecule has 1 aromatic carbocycles. The molecular formula is C12H16ClNO2. The van der Waals surface area contributed by atoms with Gasteiger partial charge < -0.3 is 10.5 Å². The predicted molar refractivity (Wildman–Crippen MR) is 65.6 cm³/mol. The molecule has 0 aliphatic carbocycles. The summed E-state index contributed by atoms with van der Waals surface area (Å²) in [7, 11) is 0. The van der Waals surface area contributed by atoms with Crippen LogP contribution in [0.2, 0.25) is 5.02 Å². The number of ether oxygens (including phenoxy) is 1. The number of carbonyl (C=O) groups is 1. The van der Waals surface area contributed by atoms with Gasteiger partial charge in [-0.25, -0.2) is 4.79 Å². The fourth-order valence-electron chi connectivity index (χ4n) is 1.11. The van der Waals surface area contributed by atoms with Crippen molar-refractivity contribution in [3.8, 4) is 0 Å². The van der Waals surface area contributed by atoms with Crippen molar-refractivity contribution in [3.05, 3.63) is 28.8 Å². The Balaban J connectivity index is 2.66. The molecule has 0 heterocycles. The van der Waals surface area contributed by atoms with Gasteiger partial charge in [-0.3, -0.25) is 0 Å². The number of esters is 1. The van der Waals surface area contributed by atoms with Crippen LogP contribution in [-0.2, 0) is 4.74 Å². The minimum absolute atomic E-state index is 0.328. The molecule has 1 atom stereocenters. The van der Waals surface area contributed by atoms with E-state index >= 15 is 0 Å². The lowest BCUT2D eigenvalue weighted by Gasteiger charge is -2.10. The lowest BCUT2D eigenvalue weighted by Crippen LogP contribution is -2.12. The van der Waals surface area contributed by atoms with Gasteiger partial charge in [-0.05, 0) is 24.1 Å². The Bertz CT molecular complexity index is 379. The predicted octanol–water partition coefficient (Wildman–Crippen LogP) is 3.13. The van der Waals surface area contributed by atoms with E-state index in [0.717, 1.165) is 6.42 Å². The summed E-state index contributed by atoms with van der Waals surface area (Å²) in [5, 5.41) is 0.328. The van der Waals surface area contributed by atoms with Gasteiger partial charge in [0.2, 0.25) is 0 Å². The van der Waals surface area contributed by atoms with Gasteiger partial charge in [0.15, 0.2) is 0 Å². The van der Waals surface area contributed by atoms with Gasteiger partial charge >= 0.3 is 5.97 Å². The highest BCUT2D eigenvalue weighted by atomic mass is 35.5. The van der Waals surface area contributed by atoms with Crippen LogP contribution in [0.5, 0.6) is 0 Å². The summed E-state index contributed by atoms with van der Waals surface area (Å²) >= 11 is 5.89. The number of halogens is 1. The van der Waals surface area contributed by atoms with Crippen molar-refractivity contribution in [3.63, 3.8) is 0 Å². The van der Waals surface area contributed by atoms with Gasteiger partial charge in [0, 0.05) is 5.69 Å². The van der Waals surface area contributed by atoms with Crippen molar-refractivity contribution in [2.24, 2.45) is 5.92 Å². The van der Waals surface area contributed by atoms with Crippen LogP contribution in [0.25, 0.3) is 0 Å². The smallest absolute Gasteiger partial charge is 0.339 e. The van der Waals surface area contributed by atoms with Crippen molar-refractivity contribution in [1.29, 1.82) is 0 Å². The van der Waals surface area contributed by atoms with Gasteiger partial charge in [-0.2, -0.15) is 0 Å². The molecule has 88 valence electrons. The maximum atomic E-state index is 11.6. The monoisotopic (exact) mass is 241 g/mol.